The number of hydrogen-bond donors (Lipinski definition) is 1. The second kappa shape index (κ2) is 9.93. The van der Waals surface area contributed by atoms with Crippen LogP contribution in [0.1, 0.15) is 18.2 Å². The van der Waals surface area contributed by atoms with Crippen LogP contribution in [0.5, 0.6) is 11.5 Å². The van der Waals surface area contributed by atoms with E-state index in [1.54, 1.807) is 17.7 Å². The molecule has 8 heteroatoms. The fourth-order valence-corrected chi connectivity index (χ4v) is 4.07. The highest BCUT2D eigenvalue weighted by Gasteiger charge is 2.14. The first-order valence-corrected chi connectivity index (χ1v) is 11.4. The number of nitrogens with zero attached hydrogens (tertiary/aromatic N) is 4. The number of likely N-dealkylation sites (N-methyl/N-ethyl adjacent to an activating group) is 1. The Hall–Kier alpha value is -3.23. The maximum Gasteiger partial charge on any atom is 0.145 e. The molecule has 0 saturated carbocycles. The van der Waals surface area contributed by atoms with Crippen molar-refractivity contribution in [2.75, 3.05) is 26.0 Å². The highest BCUT2D eigenvalue weighted by molar-refractivity contribution is 7.07. The van der Waals surface area contributed by atoms with Crippen molar-refractivity contribution >= 4 is 33.7 Å². The number of hydrogen-bond acceptors (Lipinski definition) is 8. The summed E-state index contributed by atoms with van der Waals surface area (Å²) in [6.07, 6.45) is 1.59. The van der Waals surface area contributed by atoms with Gasteiger partial charge in [-0.25, -0.2) is 15.0 Å². The summed E-state index contributed by atoms with van der Waals surface area (Å²) in [5.41, 5.74) is 5.51. The van der Waals surface area contributed by atoms with Crippen LogP contribution >= 0.6 is 11.3 Å². The van der Waals surface area contributed by atoms with Gasteiger partial charge < -0.3 is 19.7 Å². The fourth-order valence-electron chi connectivity index (χ4n) is 3.53. The van der Waals surface area contributed by atoms with Crippen LogP contribution in [-0.4, -0.2) is 46.6 Å². The van der Waals surface area contributed by atoms with Gasteiger partial charge in [-0.2, -0.15) is 0 Å². The standard InChI is InChI=1S/C24H27N5O2S/c1-16-10-18(8-9-21(16)30-12-19-13-32-15-27-19)28-24-23-20(25-14-26-24)6-5-7-22(23)31-17(2)11-29(3)4/h5-10,13-15,17H,11-12H2,1-4H3,(H,25,26,28)/t17-/m0/s1. The molecule has 7 nitrogen and oxygen atoms in total. The average Bonchev–Trinajstić information content (AvgIpc) is 3.26. The summed E-state index contributed by atoms with van der Waals surface area (Å²) >= 11 is 1.57. The first-order chi connectivity index (χ1) is 15.5. The van der Waals surface area contributed by atoms with E-state index < -0.39 is 0 Å². The smallest absolute Gasteiger partial charge is 0.145 e. The van der Waals surface area contributed by atoms with Crippen molar-refractivity contribution in [2.45, 2.75) is 26.6 Å². The molecule has 2 heterocycles. The molecular weight excluding hydrogens is 422 g/mol. The van der Waals surface area contributed by atoms with Gasteiger partial charge in [-0.05, 0) is 63.8 Å². The molecule has 2 aromatic heterocycles. The second-order valence-corrected chi connectivity index (χ2v) is 8.66. The molecular formula is C24H27N5O2S. The zero-order chi connectivity index (χ0) is 22.5. The molecule has 4 rings (SSSR count). The first kappa shape index (κ1) is 22.0. The van der Waals surface area contributed by atoms with Gasteiger partial charge in [0, 0.05) is 17.6 Å². The summed E-state index contributed by atoms with van der Waals surface area (Å²) < 4.78 is 12.2. The molecule has 0 fully saturated rings. The summed E-state index contributed by atoms with van der Waals surface area (Å²) in [5.74, 6) is 2.30. The number of nitrogens with one attached hydrogen (secondary N) is 1. The molecule has 0 unspecified atom stereocenters. The number of benzene rings is 2. The van der Waals surface area contributed by atoms with Crippen LogP contribution in [0.15, 0.2) is 53.6 Å². The van der Waals surface area contributed by atoms with Crippen molar-refractivity contribution in [1.29, 1.82) is 0 Å². The lowest BCUT2D eigenvalue weighted by atomic mass is 10.1. The molecule has 0 radical (unpaired) electrons. The summed E-state index contributed by atoms with van der Waals surface area (Å²) in [6, 6.07) is 11.9. The number of rotatable bonds is 9. The Balaban J connectivity index is 1.56. The van der Waals surface area contributed by atoms with Crippen molar-refractivity contribution in [2.24, 2.45) is 0 Å². The minimum atomic E-state index is 0.0278. The lowest BCUT2D eigenvalue weighted by Crippen LogP contribution is -2.28. The summed E-state index contributed by atoms with van der Waals surface area (Å²) in [5, 5.41) is 6.28. The van der Waals surface area contributed by atoms with Gasteiger partial charge in [0.1, 0.15) is 36.4 Å². The Bertz CT molecular complexity index is 1180. The number of aromatic nitrogens is 3. The lowest BCUT2D eigenvalue weighted by Gasteiger charge is -2.20. The predicted molar refractivity (Wildman–Crippen MR) is 129 cm³/mol. The normalized spacial score (nSPS) is 12.2. The van der Waals surface area contributed by atoms with Crippen molar-refractivity contribution in [3.63, 3.8) is 0 Å². The van der Waals surface area contributed by atoms with Gasteiger partial charge in [0.2, 0.25) is 0 Å². The van der Waals surface area contributed by atoms with Crippen molar-refractivity contribution in [1.82, 2.24) is 19.9 Å². The molecule has 0 aliphatic rings. The number of ether oxygens (including phenoxy) is 2. The third-order valence-electron chi connectivity index (χ3n) is 4.87. The Morgan fingerprint density at radius 3 is 2.72 bits per heavy atom. The topological polar surface area (TPSA) is 72.4 Å². The predicted octanol–water partition coefficient (Wildman–Crippen LogP) is 5.05. The largest absolute Gasteiger partial charge is 0.489 e. The van der Waals surface area contributed by atoms with E-state index >= 15 is 0 Å². The molecule has 166 valence electrons. The minimum Gasteiger partial charge on any atom is -0.489 e. The summed E-state index contributed by atoms with van der Waals surface area (Å²) in [4.78, 5) is 15.3. The Kier molecular flexibility index (Phi) is 6.82. The van der Waals surface area contributed by atoms with Crippen LogP contribution in [-0.2, 0) is 6.61 Å². The van der Waals surface area contributed by atoms with Crippen LogP contribution in [0.2, 0.25) is 0 Å². The Morgan fingerprint density at radius 2 is 1.97 bits per heavy atom. The second-order valence-electron chi connectivity index (χ2n) is 7.94. The zero-order valence-electron chi connectivity index (χ0n) is 18.7. The third-order valence-corrected chi connectivity index (χ3v) is 5.51. The van der Waals surface area contributed by atoms with E-state index in [1.807, 2.05) is 68.3 Å². The molecule has 0 amide bonds. The van der Waals surface area contributed by atoms with E-state index in [4.69, 9.17) is 9.47 Å². The van der Waals surface area contributed by atoms with Crippen LogP contribution in [0, 0.1) is 6.92 Å². The van der Waals surface area contributed by atoms with Crippen LogP contribution in [0.4, 0.5) is 11.5 Å². The van der Waals surface area contributed by atoms with E-state index in [2.05, 4.69) is 32.1 Å². The summed E-state index contributed by atoms with van der Waals surface area (Å²) in [7, 11) is 4.07. The van der Waals surface area contributed by atoms with E-state index in [0.29, 0.717) is 12.4 Å². The first-order valence-electron chi connectivity index (χ1n) is 10.4. The van der Waals surface area contributed by atoms with E-state index in [-0.39, 0.29) is 6.10 Å². The number of anilines is 2. The summed E-state index contributed by atoms with van der Waals surface area (Å²) in [6.45, 7) is 5.36. The number of fused-ring (bicyclic) bond motifs is 1. The quantitative estimate of drug-likeness (QED) is 0.383. The van der Waals surface area contributed by atoms with Crippen LogP contribution in [0.3, 0.4) is 0 Å². The maximum atomic E-state index is 6.24. The highest BCUT2D eigenvalue weighted by Crippen LogP contribution is 2.33. The molecule has 0 saturated heterocycles. The molecule has 4 aromatic rings. The van der Waals surface area contributed by atoms with E-state index in [1.165, 1.54) is 0 Å². The lowest BCUT2D eigenvalue weighted by molar-refractivity contribution is 0.179. The third kappa shape index (κ3) is 5.33. The molecule has 1 atom stereocenters. The van der Waals surface area contributed by atoms with Gasteiger partial charge in [-0.15, -0.1) is 11.3 Å². The maximum absolute atomic E-state index is 6.24. The molecule has 2 aromatic carbocycles. The number of thiazole rings is 1. The monoisotopic (exact) mass is 449 g/mol. The number of aryl methyl sites for hydroxylation is 1. The molecule has 32 heavy (non-hydrogen) atoms. The van der Waals surface area contributed by atoms with Gasteiger partial charge in [-0.1, -0.05) is 6.07 Å². The van der Waals surface area contributed by atoms with Crippen molar-refractivity contribution in [3.8, 4) is 11.5 Å². The highest BCUT2D eigenvalue weighted by atomic mass is 32.1. The minimum absolute atomic E-state index is 0.0278. The average molecular weight is 450 g/mol. The molecule has 0 spiro atoms. The van der Waals surface area contributed by atoms with E-state index in [0.717, 1.165) is 45.9 Å². The Labute approximate surface area is 192 Å². The van der Waals surface area contributed by atoms with E-state index in [9.17, 15) is 0 Å². The molecule has 1 N–H and O–H groups in total. The van der Waals surface area contributed by atoms with Gasteiger partial charge >= 0.3 is 0 Å². The van der Waals surface area contributed by atoms with Crippen molar-refractivity contribution < 1.29 is 9.47 Å². The van der Waals surface area contributed by atoms with Gasteiger partial charge in [-0.3, -0.25) is 0 Å². The molecule has 0 aliphatic heterocycles. The van der Waals surface area contributed by atoms with Gasteiger partial charge in [0.25, 0.3) is 0 Å². The van der Waals surface area contributed by atoms with Gasteiger partial charge in [0.05, 0.1) is 22.1 Å². The van der Waals surface area contributed by atoms with Gasteiger partial charge in [0.15, 0.2) is 0 Å². The fraction of sp³-hybridized carbons (Fsp3) is 0.292. The molecule has 0 bridgehead atoms. The SMILES string of the molecule is Cc1cc(Nc2ncnc3cccc(O[C@@H](C)CN(C)C)c23)ccc1OCc1cscn1. The van der Waals surface area contributed by atoms with Crippen LogP contribution in [0.25, 0.3) is 10.9 Å². The molecule has 0 aliphatic carbocycles. The zero-order valence-corrected chi connectivity index (χ0v) is 19.5. The Morgan fingerprint density at radius 1 is 1.09 bits per heavy atom. The van der Waals surface area contributed by atoms with Crippen molar-refractivity contribution in [3.05, 3.63) is 64.9 Å². The van der Waals surface area contributed by atoms with Crippen LogP contribution < -0.4 is 14.8 Å².